The first-order chi connectivity index (χ1) is 12.4. The molecule has 0 saturated heterocycles. The molecule has 0 spiro atoms. The van der Waals surface area contributed by atoms with Crippen LogP contribution in [0.4, 0.5) is 35.1 Å². The zero-order chi connectivity index (χ0) is 20.2. The van der Waals surface area contributed by atoms with Crippen molar-refractivity contribution in [3.05, 3.63) is 64.7 Å². The van der Waals surface area contributed by atoms with Gasteiger partial charge in [-0.3, -0.25) is 0 Å². The van der Waals surface area contributed by atoms with Gasteiger partial charge in [-0.05, 0) is 41.5 Å². The Kier molecular flexibility index (Phi) is 4.24. The Hall–Kier alpha value is -2.58. The Morgan fingerprint density at radius 3 is 1.56 bits per heavy atom. The summed E-state index contributed by atoms with van der Waals surface area (Å²) in [5.41, 5.74) is -5.58. The fraction of sp³-hybridized carbons (Fsp3) is 0.222. The predicted molar refractivity (Wildman–Crippen MR) is 81.2 cm³/mol. The number of hydrogen-bond acceptors (Lipinski definition) is 1. The third-order valence-corrected chi connectivity index (χ3v) is 4.07. The molecule has 0 atom stereocenters. The molecule has 1 aliphatic rings. The highest BCUT2D eigenvalue weighted by molar-refractivity contribution is 6.15. The van der Waals surface area contributed by atoms with E-state index < -0.39 is 46.1 Å². The van der Waals surface area contributed by atoms with Gasteiger partial charge < -0.3 is 4.74 Å². The topological polar surface area (TPSA) is 9.23 Å². The first-order valence-electron chi connectivity index (χ1n) is 7.43. The number of allylic oxidation sites excluding steroid dienone is 2. The number of benzene rings is 2. The van der Waals surface area contributed by atoms with Crippen LogP contribution in [-0.2, 0) is 12.4 Å². The molecule has 0 aliphatic heterocycles. The molecule has 1 aliphatic carbocycles. The lowest BCUT2D eigenvalue weighted by molar-refractivity contribution is -0.143. The van der Waals surface area contributed by atoms with E-state index in [2.05, 4.69) is 0 Å². The summed E-state index contributed by atoms with van der Waals surface area (Å²) in [6.07, 6.45) is -10.2. The molecule has 0 amide bonds. The van der Waals surface area contributed by atoms with Crippen molar-refractivity contribution in [2.75, 3.05) is 7.11 Å². The van der Waals surface area contributed by atoms with Crippen molar-refractivity contribution >= 4 is 11.1 Å². The Bertz CT molecular complexity index is 872. The maximum absolute atomic E-state index is 14.2. The molecule has 0 heterocycles. The summed E-state index contributed by atoms with van der Waals surface area (Å²) in [4.78, 5) is 0. The van der Waals surface area contributed by atoms with Crippen LogP contribution in [0.5, 0.6) is 5.75 Å². The van der Waals surface area contributed by atoms with E-state index in [1.165, 1.54) is 31.4 Å². The number of rotatable bonds is 3. The molecule has 27 heavy (non-hydrogen) atoms. The van der Waals surface area contributed by atoms with Crippen LogP contribution in [0.15, 0.2) is 42.5 Å². The van der Waals surface area contributed by atoms with Crippen LogP contribution in [0.1, 0.15) is 22.3 Å². The number of halogens is 8. The van der Waals surface area contributed by atoms with Gasteiger partial charge in [0, 0.05) is 11.1 Å². The quantitative estimate of drug-likeness (QED) is 0.556. The highest BCUT2D eigenvalue weighted by atomic mass is 19.4. The van der Waals surface area contributed by atoms with Crippen molar-refractivity contribution in [3.63, 3.8) is 0 Å². The Morgan fingerprint density at radius 1 is 0.704 bits per heavy atom. The highest BCUT2D eigenvalue weighted by Gasteiger charge is 2.57. The maximum Gasteiger partial charge on any atom is 0.416 e. The number of hydrogen-bond donors (Lipinski definition) is 0. The third kappa shape index (κ3) is 3.50. The van der Waals surface area contributed by atoms with E-state index in [9.17, 15) is 35.1 Å². The summed E-state index contributed by atoms with van der Waals surface area (Å²) in [5.74, 6) is -3.26. The Labute approximate surface area is 147 Å². The van der Waals surface area contributed by atoms with Crippen LogP contribution in [-0.4, -0.2) is 13.0 Å². The van der Waals surface area contributed by atoms with Crippen LogP contribution >= 0.6 is 0 Å². The zero-order valence-electron chi connectivity index (χ0n) is 13.5. The molecule has 0 bridgehead atoms. The summed E-state index contributed by atoms with van der Waals surface area (Å²) in [5, 5.41) is 0. The SMILES string of the molecule is COc1ccc(C2=C(c3cc(C(F)(F)F)cc(C(F)(F)F)c3)C2(F)F)cc1. The van der Waals surface area contributed by atoms with E-state index in [4.69, 9.17) is 4.74 Å². The first-order valence-corrected chi connectivity index (χ1v) is 7.43. The molecule has 2 aromatic carbocycles. The van der Waals surface area contributed by atoms with Gasteiger partial charge in [0.2, 0.25) is 0 Å². The second-order valence-corrected chi connectivity index (χ2v) is 5.85. The van der Waals surface area contributed by atoms with E-state index in [0.29, 0.717) is 17.9 Å². The summed E-state index contributed by atoms with van der Waals surface area (Å²) in [6.45, 7) is 0. The minimum atomic E-state index is -5.11. The minimum absolute atomic E-state index is 0.0122. The van der Waals surface area contributed by atoms with E-state index in [-0.39, 0.29) is 11.6 Å². The van der Waals surface area contributed by atoms with Crippen LogP contribution < -0.4 is 4.74 Å². The average Bonchev–Trinajstić information content (AvgIpc) is 3.15. The van der Waals surface area contributed by atoms with E-state index >= 15 is 0 Å². The molecular weight excluding hydrogens is 384 g/mol. The maximum atomic E-state index is 14.2. The number of alkyl halides is 8. The van der Waals surface area contributed by atoms with Gasteiger partial charge in [-0.2, -0.15) is 35.1 Å². The molecule has 0 saturated carbocycles. The molecule has 0 fully saturated rings. The molecular formula is C18H10F8O. The lowest BCUT2D eigenvalue weighted by Crippen LogP contribution is -2.11. The van der Waals surface area contributed by atoms with E-state index in [1.807, 2.05) is 0 Å². The van der Waals surface area contributed by atoms with Crippen molar-refractivity contribution in [2.24, 2.45) is 0 Å². The van der Waals surface area contributed by atoms with E-state index in [0.717, 1.165) is 0 Å². The fourth-order valence-electron chi connectivity index (χ4n) is 2.74. The van der Waals surface area contributed by atoms with Crippen LogP contribution in [0.25, 0.3) is 11.1 Å². The van der Waals surface area contributed by atoms with Gasteiger partial charge in [-0.15, -0.1) is 0 Å². The van der Waals surface area contributed by atoms with Crippen molar-refractivity contribution in [2.45, 2.75) is 18.3 Å². The minimum Gasteiger partial charge on any atom is -0.497 e. The molecule has 0 radical (unpaired) electrons. The molecule has 2 aromatic rings. The largest absolute Gasteiger partial charge is 0.497 e. The van der Waals surface area contributed by atoms with Crippen molar-refractivity contribution in [1.29, 1.82) is 0 Å². The zero-order valence-corrected chi connectivity index (χ0v) is 13.5. The first kappa shape index (κ1) is 19.2. The van der Waals surface area contributed by atoms with Gasteiger partial charge in [0.25, 0.3) is 0 Å². The molecule has 1 nitrogen and oxygen atoms in total. The van der Waals surface area contributed by atoms with Crippen LogP contribution in [0, 0.1) is 0 Å². The Balaban J connectivity index is 2.15. The second kappa shape index (κ2) is 5.97. The lowest BCUT2D eigenvalue weighted by Gasteiger charge is -2.13. The smallest absolute Gasteiger partial charge is 0.416 e. The van der Waals surface area contributed by atoms with Gasteiger partial charge in [-0.1, -0.05) is 12.1 Å². The van der Waals surface area contributed by atoms with Gasteiger partial charge in [0.1, 0.15) is 5.75 Å². The van der Waals surface area contributed by atoms with Gasteiger partial charge >= 0.3 is 18.3 Å². The molecule has 0 aromatic heterocycles. The number of methoxy groups -OCH3 is 1. The predicted octanol–water partition coefficient (Wildman–Crippen LogP) is 6.29. The van der Waals surface area contributed by atoms with Crippen molar-refractivity contribution < 1.29 is 39.9 Å². The molecule has 3 rings (SSSR count). The van der Waals surface area contributed by atoms with Gasteiger partial charge in [0.15, 0.2) is 0 Å². The van der Waals surface area contributed by atoms with Crippen molar-refractivity contribution in [3.8, 4) is 5.75 Å². The molecule has 0 N–H and O–H groups in total. The molecule has 9 heteroatoms. The normalized spacial score (nSPS) is 16.5. The standard InChI is InChI=1S/C18H10F8O/c1-27-13-4-2-9(3-5-13)14-15(16(14,19)20)10-6-11(17(21,22)23)8-12(7-10)18(24,25)26/h2-8H,1H3. The van der Waals surface area contributed by atoms with Crippen LogP contribution in [0.2, 0.25) is 0 Å². The lowest BCUT2D eigenvalue weighted by atomic mass is 10.0. The number of ether oxygens (including phenoxy) is 1. The fourth-order valence-corrected chi connectivity index (χ4v) is 2.74. The summed E-state index contributed by atoms with van der Waals surface area (Å²) in [6, 6.07) is 5.74. The summed E-state index contributed by atoms with van der Waals surface area (Å²) >= 11 is 0. The highest BCUT2D eigenvalue weighted by Crippen LogP contribution is 2.61. The third-order valence-electron chi connectivity index (χ3n) is 4.07. The van der Waals surface area contributed by atoms with E-state index in [1.54, 1.807) is 0 Å². The van der Waals surface area contributed by atoms with Crippen LogP contribution in [0.3, 0.4) is 0 Å². The molecule has 0 unspecified atom stereocenters. The van der Waals surface area contributed by atoms with Gasteiger partial charge in [-0.25, -0.2) is 0 Å². The van der Waals surface area contributed by atoms with Crippen molar-refractivity contribution in [1.82, 2.24) is 0 Å². The summed E-state index contributed by atoms with van der Waals surface area (Å²) in [7, 11) is 1.35. The Morgan fingerprint density at radius 2 is 1.15 bits per heavy atom. The second-order valence-electron chi connectivity index (χ2n) is 5.85. The average molecular weight is 394 g/mol. The molecule has 144 valence electrons. The van der Waals surface area contributed by atoms with Gasteiger partial charge in [0.05, 0.1) is 18.2 Å². The summed E-state index contributed by atoms with van der Waals surface area (Å²) < 4.78 is 111. The monoisotopic (exact) mass is 394 g/mol.